The van der Waals surface area contributed by atoms with Crippen LogP contribution in [0, 0.1) is 0 Å². The van der Waals surface area contributed by atoms with Gasteiger partial charge in [-0.3, -0.25) is 0 Å². The molecule has 1 saturated carbocycles. The molecule has 2 N–H and O–H groups in total. The van der Waals surface area contributed by atoms with Crippen LogP contribution in [0.5, 0.6) is 0 Å². The zero-order valence-electron chi connectivity index (χ0n) is 9.07. The van der Waals surface area contributed by atoms with Gasteiger partial charge in [-0.15, -0.1) is 0 Å². The van der Waals surface area contributed by atoms with Crippen molar-refractivity contribution < 1.29 is 0 Å². The van der Waals surface area contributed by atoms with Crippen molar-refractivity contribution in [2.75, 3.05) is 11.5 Å². The molecule has 0 atom stereocenters. The van der Waals surface area contributed by atoms with Crippen LogP contribution >= 0.6 is 11.8 Å². The van der Waals surface area contributed by atoms with E-state index in [9.17, 15) is 0 Å². The molecule has 0 saturated heterocycles. The summed E-state index contributed by atoms with van der Waals surface area (Å²) in [7, 11) is 0. The fourth-order valence-electron chi connectivity index (χ4n) is 1.50. The van der Waals surface area contributed by atoms with Crippen molar-refractivity contribution in [1.29, 1.82) is 0 Å². The van der Waals surface area contributed by atoms with Crippen LogP contribution in [0.1, 0.15) is 43.6 Å². The summed E-state index contributed by atoms with van der Waals surface area (Å²) in [6.07, 6.45) is 3.72. The van der Waals surface area contributed by atoms with Gasteiger partial charge in [-0.05, 0) is 25.0 Å². The number of thioether (sulfide) groups is 1. The van der Waals surface area contributed by atoms with E-state index in [1.165, 1.54) is 19.3 Å². The summed E-state index contributed by atoms with van der Waals surface area (Å²) in [5, 5.41) is 0. The minimum Gasteiger partial charge on any atom is -0.384 e. The number of hydrogen-bond donors (Lipinski definition) is 1. The average molecular weight is 223 g/mol. The van der Waals surface area contributed by atoms with Gasteiger partial charge < -0.3 is 5.73 Å². The van der Waals surface area contributed by atoms with Crippen LogP contribution in [0.25, 0.3) is 0 Å². The van der Waals surface area contributed by atoms with E-state index in [1.54, 1.807) is 0 Å². The zero-order valence-corrected chi connectivity index (χ0v) is 9.89. The predicted molar refractivity (Wildman–Crippen MR) is 64.9 cm³/mol. The maximum atomic E-state index is 5.77. The molecule has 1 aromatic rings. The van der Waals surface area contributed by atoms with Gasteiger partial charge in [0.15, 0.2) is 0 Å². The van der Waals surface area contributed by atoms with Crippen molar-refractivity contribution in [2.45, 2.75) is 37.9 Å². The molecular formula is C11H17N3S. The lowest BCUT2D eigenvalue weighted by molar-refractivity contribution is 0.936. The summed E-state index contributed by atoms with van der Waals surface area (Å²) >= 11 is 1.88. The van der Waals surface area contributed by atoms with Gasteiger partial charge in [0.1, 0.15) is 11.6 Å². The lowest BCUT2D eigenvalue weighted by atomic mass is 10.3. The summed E-state index contributed by atoms with van der Waals surface area (Å²) in [6, 6.07) is 1.92. The molecule has 0 aliphatic heterocycles. The smallest absolute Gasteiger partial charge is 0.140 e. The number of aromatic nitrogens is 2. The highest BCUT2D eigenvalue weighted by Gasteiger charge is 2.25. The molecule has 82 valence electrons. The lowest BCUT2D eigenvalue weighted by Gasteiger charge is -2.04. The topological polar surface area (TPSA) is 51.8 Å². The summed E-state index contributed by atoms with van der Waals surface area (Å²) in [5.41, 5.74) is 6.92. The van der Waals surface area contributed by atoms with E-state index in [2.05, 4.69) is 16.9 Å². The standard InChI is InChI=1S/C11H17N3S/c1-2-5-15-7-11-13-9(8-3-4-8)6-10(12)14-11/h6,8H,2-5,7H2,1H3,(H2,12,13,14). The van der Waals surface area contributed by atoms with Crippen molar-refractivity contribution >= 4 is 17.6 Å². The third kappa shape index (κ3) is 3.09. The summed E-state index contributed by atoms with van der Waals surface area (Å²) in [6.45, 7) is 2.18. The Morgan fingerprint density at radius 2 is 2.27 bits per heavy atom. The molecule has 1 aliphatic carbocycles. The summed E-state index contributed by atoms with van der Waals surface area (Å²) < 4.78 is 0. The zero-order chi connectivity index (χ0) is 10.7. The number of nitrogen functional groups attached to an aromatic ring is 1. The molecule has 0 amide bonds. The molecule has 15 heavy (non-hydrogen) atoms. The Morgan fingerprint density at radius 3 is 2.93 bits per heavy atom. The van der Waals surface area contributed by atoms with E-state index in [0.717, 1.165) is 23.0 Å². The van der Waals surface area contributed by atoms with E-state index < -0.39 is 0 Å². The Balaban J connectivity index is 2.02. The van der Waals surface area contributed by atoms with Gasteiger partial charge in [0.2, 0.25) is 0 Å². The Kier molecular flexibility index (Phi) is 3.46. The molecule has 4 heteroatoms. The Labute approximate surface area is 94.9 Å². The van der Waals surface area contributed by atoms with Gasteiger partial charge in [0, 0.05) is 17.7 Å². The van der Waals surface area contributed by atoms with E-state index in [-0.39, 0.29) is 0 Å². The molecule has 0 aromatic carbocycles. The first-order valence-corrected chi connectivity index (χ1v) is 6.66. The average Bonchev–Trinajstić information content (AvgIpc) is 3.00. The first-order valence-electron chi connectivity index (χ1n) is 5.50. The molecule has 1 aliphatic rings. The normalized spacial score (nSPS) is 15.5. The molecular weight excluding hydrogens is 206 g/mol. The van der Waals surface area contributed by atoms with Crippen LogP contribution in [0.2, 0.25) is 0 Å². The van der Waals surface area contributed by atoms with Crippen LogP contribution in [-0.2, 0) is 5.75 Å². The molecule has 1 fully saturated rings. The largest absolute Gasteiger partial charge is 0.384 e. The molecule has 0 radical (unpaired) electrons. The highest BCUT2D eigenvalue weighted by atomic mass is 32.2. The van der Waals surface area contributed by atoms with Gasteiger partial charge in [-0.25, -0.2) is 9.97 Å². The van der Waals surface area contributed by atoms with Crippen LogP contribution in [0.15, 0.2) is 6.07 Å². The predicted octanol–water partition coefficient (Wildman–Crippen LogP) is 2.58. The maximum absolute atomic E-state index is 5.77. The lowest BCUT2D eigenvalue weighted by Crippen LogP contribution is -2.01. The van der Waals surface area contributed by atoms with E-state index in [1.807, 2.05) is 17.8 Å². The Bertz CT molecular complexity index is 337. The highest BCUT2D eigenvalue weighted by Crippen LogP contribution is 2.39. The summed E-state index contributed by atoms with van der Waals surface area (Å²) in [5.74, 6) is 4.23. The molecule has 2 rings (SSSR count). The van der Waals surface area contributed by atoms with Gasteiger partial charge >= 0.3 is 0 Å². The van der Waals surface area contributed by atoms with Gasteiger partial charge in [-0.1, -0.05) is 6.92 Å². The van der Waals surface area contributed by atoms with E-state index >= 15 is 0 Å². The van der Waals surface area contributed by atoms with Crippen molar-refractivity contribution in [3.63, 3.8) is 0 Å². The second-order valence-electron chi connectivity index (χ2n) is 3.96. The molecule has 1 heterocycles. The maximum Gasteiger partial charge on any atom is 0.140 e. The summed E-state index contributed by atoms with van der Waals surface area (Å²) in [4.78, 5) is 8.82. The molecule has 3 nitrogen and oxygen atoms in total. The molecule has 0 bridgehead atoms. The van der Waals surface area contributed by atoms with Gasteiger partial charge in [-0.2, -0.15) is 11.8 Å². The van der Waals surface area contributed by atoms with E-state index in [0.29, 0.717) is 11.7 Å². The van der Waals surface area contributed by atoms with Gasteiger partial charge in [0.05, 0.1) is 5.75 Å². The first-order chi connectivity index (χ1) is 7.29. The number of nitrogens with zero attached hydrogens (tertiary/aromatic N) is 2. The third-order valence-electron chi connectivity index (χ3n) is 2.39. The quantitative estimate of drug-likeness (QED) is 0.779. The van der Waals surface area contributed by atoms with Gasteiger partial charge in [0.25, 0.3) is 0 Å². The number of rotatable bonds is 5. The monoisotopic (exact) mass is 223 g/mol. The van der Waals surface area contributed by atoms with Crippen molar-refractivity contribution in [3.8, 4) is 0 Å². The fraction of sp³-hybridized carbons (Fsp3) is 0.636. The second-order valence-corrected chi connectivity index (χ2v) is 5.07. The van der Waals surface area contributed by atoms with Crippen molar-refractivity contribution in [1.82, 2.24) is 9.97 Å². The first kappa shape index (κ1) is 10.7. The van der Waals surface area contributed by atoms with Crippen LogP contribution in [0.4, 0.5) is 5.82 Å². The third-order valence-corrected chi connectivity index (χ3v) is 3.55. The van der Waals surface area contributed by atoms with E-state index in [4.69, 9.17) is 5.73 Å². The number of anilines is 1. The number of nitrogens with two attached hydrogens (primary N) is 1. The van der Waals surface area contributed by atoms with Crippen molar-refractivity contribution in [3.05, 3.63) is 17.6 Å². The molecule has 1 aromatic heterocycles. The van der Waals surface area contributed by atoms with Crippen LogP contribution in [0.3, 0.4) is 0 Å². The van der Waals surface area contributed by atoms with Crippen LogP contribution in [-0.4, -0.2) is 15.7 Å². The minimum atomic E-state index is 0.624. The number of hydrogen-bond acceptors (Lipinski definition) is 4. The molecule has 0 spiro atoms. The SMILES string of the molecule is CCCSCc1nc(N)cc(C2CC2)n1. The van der Waals surface area contributed by atoms with Crippen LogP contribution < -0.4 is 5.73 Å². The fourth-order valence-corrected chi connectivity index (χ4v) is 2.24. The minimum absolute atomic E-state index is 0.624. The Morgan fingerprint density at radius 1 is 1.47 bits per heavy atom. The Hall–Kier alpha value is -0.770. The van der Waals surface area contributed by atoms with Crippen molar-refractivity contribution in [2.24, 2.45) is 0 Å². The highest BCUT2D eigenvalue weighted by molar-refractivity contribution is 7.98. The molecule has 0 unspecified atom stereocenters. The second kappa shape index (κ2) is 4.84.